The molecule has 9 heteroatoms. The van der Waals surface area contributed by atoms with Gasteiger partial charge in [-0.3, -0.25) is 14.8 Å². The van der Waals surface area contributed by atoms with E-state index >= 15 is 0 Å². The molecule has 1 amide bonds. The molecule has 3 rings (SSSR count). The zero-order valence-corrected chi connectivity index (χ0v) is 18.3. The molecule has 158 valence electrons. The second kappa shape index (κ2) is 9.81. The van der Waals surface area contributed by atoms with Crippen molar-refractivity contribution in [3.05, 3.63) is 65.4 Å². The summed E-state index contributed by atoms with van der Waals surface area (Å²) in [6, 6.07) is 14.3. The number of halogens is 1. The summed E-state index contributed by atoms with van der Waals surface area (Å²) < 4.78 is 9.74. The maximum atomic E-state index is 12.5. The third-order valence-electron chi connectivity index (χ3n) is 4.47. The van der Waals surface area contributed by atoms with Crippen molar-refractivity contribution in [3.63, 3.8) is 0 Å². The number of alkyl halides is 1. The molecule has 1 unspecified atom stereocenters. The number of benzene rings is 2. The molecule has 1 atom stereocenters. The lowest BCUT2D eigenvalue weighted by Gasteiger charge is -2.31. The normalized spacial score (nSPS) is 15.4. The second-order valence-electron chi connectivity index (χ2n) is 6.48. The predicted molar refractivity (Wildman–Crippen MR) is 117 cm³/mol. The monoisotopic (exact) mass is 524 g/mol. The van der Waals surface area contributed by atoms with Gasteiger partial charge in [0.15, 0.2) is 11.5 Å². The highest BCUT2D eigenvalue weighted by Gasteiger charge is 2.35. The van der Waals surface area contributed by atoms with Gasteiger partial charge in [-0.2, -0.15) is 0 Å². The number of amides is 1. The molecule has 1 aliphatic heterocycles. The first-order chi connectivity index (χ1) is 14.4. The molecule has 30 heavy (non-hydrogen) atoms. The Morgan fingerprint density at radius 3 is 2.60 bits per heavy atom. The third-order valence-corrected chi connectivity index (χ3v) is 5.67. The van der Waals surface area contributed by atoms with E-state index in [1.165, 1.54) is 7.11 Å². The first kappa shape index (κ1) is 21.9. The van der Waals surface area contributed by atoms with E-state index in [9.17, 15) is 19.9 Å². The molecule has 2 aromatic rings. The Morgan fingerprint density at radius 1 is 1.17 bits per heavy atom. The molecule has 0 aromatic heterocycles. The van der Waals surface area contributed by atoms with Crippen molar-refractivity contribution in [1.82, 2.24) is 10.4 Å². The number of carbonyl (C=O) groups is 2. The van der Waals surface area contributed by atoms with Crippen LogP contribution in [0.3, 0.4) is 0 Å². The Morgan fingerprint density at radius 2 is 1.90 bits per heavy atom. The van der Waals surface area contributed by atoms with Gasteiger partial charge in [0.05, 0.1) is 7.11 Å². The van der Waals surface area contributed by atoms with Crippen LogP contribution in [0.5, 0.6) is 11.5 Å². The van der Waals surface area contributed by atoms with E-state index in [1.807, 2.05) is 52.9 Å². The number of hydroxylamine groups is 2. The molecule has 1 heterocycles. The predicted octanol–water partition coefficient (Wildman–Crippen LogP) is 3.91. The molecule has 0 spiro atoms. The summed E-state index contributed by atoms with van der Waals surface area (Å²) in [6.07, 6.45) is 0.537. The molecule has 0 saturated heterocycles. The van der Waals surface area contributed by atoms with Crippen LogP contribution in [0, 0.1) is 0 Å². The van der Waals surface area contributed by atoms with Crippen molar-refractivity contribution in [3.8, 4) is 11.5 Å². The lowest BCUT2D eigenvalue weighted by Crippen LogP contribution is -2.37. The number of carbonyl (C=O) groups excluding carboxylic acids is 2. The molecule has 1 aliphatic rings. The van der Waals surface area contributed by atoms with Gasteiger partial charge < -0.3 is 19.9 Å². The Balaban J connectivity index is 1.78. The highest BCUT2D eigenvalue weighted by atomic mass is 127. The van der Waals surface area contributed by atoms with Crippen LogP contribution in [0.2, 0.25) is 0 Å². The Hall–Kier alpha value is -2.79. The molecular formula is C21H21IN2O6. The summed E-state index contributed by atoms with van der Waals surface area (Å²) >= 11 is 1.97. The number of esters is 1. The van der Waals surface area contributed by atoms with Crippen molar-refractivity contribution in [2.45, 2.75) is 16.9 Å². The highest BCUT2D eigenvalue weighted by Crippen LogP contribution is 2.42. The summed E-state index contributed by atoms with van der Waals surface area (Å²) in [6.45, 7) is 0.196. The number of methoxy groups -OCH3 is 1. The van der Waals surface area contributed by atoms with Crippen molar-refractivity contribution in [2.24, 2.45) is 0 Å². The van der Waals surface area contributed by atoms with E-state index in [2.05, 4.69) is 10.1 Å². The van der Waals surface area contributed by atoms with E-state index in [-0.39, 0.29) is 30.4 Å². The Bertz CT molecular complexity index is 963. The van der Waals surface area contributed by atoms with Crippen LogP contribution in [0.1, 0.15) is 28.0 Å². The summed E-state index contributed by atoms with van der Waals surface area (Å²) in [5.74, 6) is -0.152. The fourth-order valence-electron chi connectivity index (χ4n) is 2.95. The largest absolute Gasteiger partial charge is 0.505 e. The lowest BCUT2D eigenvalue weighted by molar-refractivity contribution is -0.141. The molecule has 2 aromatic carbocycles. The van der Waals surface area contributed by atoms with Gasteiger partial charge in [-0.05, 0) is 36.8 Å². The van der Waals surface area contributed by atoms with Gasteiger partial charge in [-0.25, -0.2) is 5.06 Å². The molecule has 0 saturated carbocycles. The van der Waals surface area contributed by atoms with E-state index < -0.39 is 9.96 Å². The van der Waals surface area contributed by atoms with Crippen LogP contribution in [-0.2, 0) is 14.3 Å². The van der Waals surface area contributed by atoms with Gasteiger partial charge in [-0.1, -0.05) is 40.8 Å². The second-order valence-corrected chi connectivity index (χ2v) is 7.66. The van der Waals surface area contributed by atoms with Crippen molar-refractivity contribution >= 4 is 40.2 Å². The maximum Gasteiger partial charge on any atom is 0.305 e. The van der Waals surface area contributed by atoms with Crippen molar-refractivity contribution in [2.75, 3.05) is 13.7 Å². The zero-order chi connectivity index (χ0) is 21.7. The first-order valence-corrected chi connectivity index (χ1v) is 10.4. The molecule has 8 nitrogen and oxygen atoms in total. The summed E-state index contributed by atoms with van der Waals surface area (Å²) in [7, 11) is 1.30. The third kappa shape index (κ3) is 4.85. The number of nitrogens with one attached hydrogen (secondary N) is 1. The highest BCUT2D eigenvalue weighted by molar-refractivity contribution is 14.1. The SMILES string of the molecule is COC(=O)CCCNC(=O)C1=C(O)c2ccc(Oc3ccccc3)cc2C(I)N1O. The molecule has 3 N–H and O–H groups in total. The quantitative estimate of drug-likeness (QED) is 0.166. The number of hydrogen-bond donors (Lipinski definition) is 3. The van der Waals surface area contributed by atoms with Gasteiger partial charge in [0.2, 0.25) is 0 Å². The van der Waals surface area contributed by atoms with Crippen LogP contribution in [0.15, 0.2) is 54.2 Å². The molecule has 0 radical (unpaired) electrons. The fourth-order valence-corrected chi connectivity index (χ4v) is 3.75. The number of para-hydroxylation sites is 1. The summed E-state index contributed by atoms with van der Waals surface area (Å²) in [4.78, 5) is 23.7. The van der Waals surface area contributed by atoms with Crippen LogP contribution in [0.25, 0.3) is 5.76 Å². The minimum Gasteiger partial charge on any atom is -0.505 e. The molecule has 0 aliphatic carbocycles. The zero-order valence-electron chi connectivity index (χ0n) is 16.2. The minimum absolute atomic E-state index is 0.159. The maximum absolute atomic E-state index is 12.5. The smallest absolute Gasteiger partial charge is 0.305 e. The Kier molecular flexibility index (Phi) is 7.16. The standard InChI is InChI=1S/C21H21IN2O6/c1-29-17(25)8-5-11-23-21(27)18-19(26)15-10-9-14(12-16(15)20(22)24(18)28)30-13-6-3-2-4-7-13/h2-4,6-7,9-10,12,20,26,28H,5,8,11H2,1H3,(H,23,27). The van der Waals surface area contributed by atoms with Crippen LogP contribution in [-0.4, -0.2) is 40.9 Å². The van der Waals surface area contributed by atoms with Crippen LogP contribution >= 0.6 is 22.6 Å². The topological polar surface area (TPSA) is 108 Å². The van der Waals surface area contributed by atoms with Gasteiger partial charge in [0, 0.05) is 24.1 Å². The number of hydrogen-bond acceptors (Lipinski definition) is 7. The average molecular weight is 524 g/mol. The minimum atomic E-state index is -0.642. The Labute approximate surface area is 187 Å². The van der Waals surface area contributed by atoms with Crippen molar-refractivity contribution in [1.29, 1.82) is 0 Å². The van der Waals surface area contributed by atoms with Gasteiger partial charge in [-0.15, -0.1) is 0 Å². The van der Waals surface area contributed by atoms with E-state index in [0.717, 1.165) is 5.06 Å². The fraction of sp³-hybridized carbons (Fsp3) is 0.238. The van der Waals surface area contributed by atoms with E-state index in [4.69, 9.17) is 4.74 Å². The molecule has 0 fully saturated rings. The lowest BCUT2D eigenvalue weighted by atomic mass is 10.00. The van der Waals surface area contributed by atoms with Gasteiger partial charge in [0.25, 0.3) is 5.91 Å². The van der Waals surface area contributed by atoms with E-state index in [1.54, 1.807) is 18.2 Å². The van der Waals surface area contributed by atoms with Crippen molar-refractivity contribution < 1.29 is 29.4 Å². The van der Waals surface area contributed by atoms with E-state index in [0.29, 0.717) is 29.0 Å². The van der Waals surface area contributed by atoms with Crippen LogP contribution < -0.4 is 10.1 Å². The molecule has 0 bridgehead atoms. The number of fused-ring (bicyclic) bond motifs is 1. The van der Waals surface area contributed by atoms with Gasteiger partial charge >= 0.3 is 5.97 Å². The molecular weight excluding hydrogens is 503 g/mol. The number of aliphatic hydroxyl groups excluding tert-OH is 1. The van der Waals surface area contributed by atoms with Crippen LogP contribution in [0.4, 0.5) is 0 Å². The number of ether oxygens (including phenoxy) is 2. The summed E-state index contributed by atoms with van der Waals surface area (Å²) in [5.41, 5.74) is 0.780. The van der Waals surface area contributed by atoms with Gasteiger partial charge in [0.1, 0.15) is 15.5 Å². The number of rotatable bonds is 7. The average Bonchev–Trinajstić information content (AvgIpc) is 2.75. The summed E-state index contributed by atoms with van der Waals surface area (Å²) in [5, 5.41) is 24.5. The first-order valence-electron chi connectivity index (χ1n) is 9.20. The number of nitrogens with zero attached hydrogens (tertiary/aromatic N) is 1. The number of aliphatic hydroxyl groups is 1.